The van der Waals surface area contributed by atoms with Crippen molar-refractivity contribution >= 4 is 6.03 Å². The van der Waals surface area contributed by atoms with Crippen LogP contribution in [0.3, 0.4) is 0 Å². The Morgan fingerprint density at radius 1 is 0.938 bits per heavy atom. The molecule has 2 saturated heterocycles. The van der Waals surface area contributed by atoms with Crippen LogP contribution in [0.2, 0.25) is 0 Å². The minimum Gasteiger partial charge on any atom is -0.497 e. The first-order valence-electron chi connectivity index (χ1n) is 11.7. The van der Waals surface area contributed by atoms with E-state index in [4.69, 9.17) is 9.47 Å². The maximum atomic E-state index is 12.5. The molecule has 0 unspecified atom stereocenters. The van der Waals surface area contributed by atoms with Crippen LogP contribution in [0.15, 0.2) is 48.5 Å². The number of nitrogens with zero attached hydrogens (tertiary/aromatic N) is 2. The largest absolute Gasteiger partial charge is 0.497 e. The van der Waals surface area contributed by atoms with Gasteiger partial charge in [-0.1, -0.05) is 36.4 Å². The highest BCUT2D eigenvalue weighted by Crippen LogP contribution is 2.22. The highest BCUT2D eigenvalue weighted by Gasteiger charge is 2.23. The summed E-state index contributed by atoms with van der Waals surface area (Å²) in [4.78, 5) is 16.9. The summed E-state index contributed by atoms with van der Waals surface area (Å²) in [6.07, 6.45) is 3.22. The summed E-state index contributed by atoms with van der Waals surface area (Å²) in [5, 5.41) is 3.04. The molecule has 0 bridgehead atoms. The fourth-order valence-corrected chi connectivity index (χ4v) is 4.50. The third-order valence-corrected chi connectivity index (χ3v) is 6.56. The number of benzene rings is 2. The summed E-state index contributed by atoms with van der Waals surface area (Å²) in [5.74, 6) is 1.47. The predicted octanol–water partition coefficient (Wildman–Crippen LogP) is 3.69. The second-order valence-electron chi connectivity index (χ2n) is 8.85. The lowest BCUT2D eigenvalue weighted by molar-refractivity contribution is 0.0342. The summed E-state index contributed by atoms with van der Waals surface area (Å²) < 4.78 is 10.6. The number of ether oxygens (including phenoxy) is 2. The molecule has 0 aromatic heterocycles. The standard InChI is InChI=1S/C26H35N3O3/c1-31-25-8-6-23(7-9-25)19-27-26(30)29-12-10-22(11-13-29)18-21-2-4-24(5-3-21)20-28-14-16-32-17-15-28/h2-9,22H,10-20H2,1H3,(H,27,30). The third kappa shape index (κ3) is 6.47. The van der Waals surface area contributed by atoms with Crippen LogP contribution >= 0.6 is 0 Å². The van der Waals surface area contributed by atoms with Crippen LogP contribution in [0, 0.1) is 5.92 Å². The molecule has 2 amide bonds. The summed E-state index contributed by atoms with van der Waals surface area (Å²) in [5.41, 5.74) is 3.85. The van der Waals surface area contributed by atoms with Gasteiger partial charge in [-0.2, -0.15) is 0 Å². The van der Waals surface area contributed by atoms with Crippen LogP contribution in [-0.2, 0) is 24.2 Å². The molecule has 0 spiro atoms. The zero-order valence-corrected chi connectivity index (χ0v) is 19.1. The Morgan fingerprint density at radius 3 is 2.22 bits per heavy atom. The van der Waals surface area contributed by atoms with E-state index in [1.165, 1.54) is 11.1 Å². The minimum atomic E-state index is 0.0340. The van der Waals surface area contributed by atoms with Gasteiger partial charge in [0, 0.05) is 39.3 Å². The van der Waals surface area contributed by atoms with Crippen LogP contribution in [0.4, 0.5) is 4.79 Å². The van der Waals surface area contributed by atoms with E-state index in [1.807, 2.05) is 29.2 Å². The van der Waals surface area contributed by atoms with Gasteiger partial charge in [0.15, 0.2) is 0 Å². The van der Waals surface area contributed by atoms with Crippen molar-refractivity contribution < 1.29 is 14.3 Å². The zero-order chi connectivity index (χ0) is 22.2. The van der Waals surface area contributed by atoms with E-state index in [0.29, 0.717) is 12.5 Å². The molecule has 2 aromatic carbocycles. The van der Waals surface area contributed by atoms with Crippen molar-refractivity contribution in [2.24, 2.45) is 5.92 Å². The Hall–Kier alpha value is -2.57. The maximum absolute atomic E-state index is 12.5. The molecule has 6 nitrogen and oxygen atoms in total. The van der Waals surface area contributed by atoms with Crippen molar-refractivity contribution in [3.8, 4) is 5.75 Å². The molecule has 6 heteroatoms. The van der Waals surface area contributed by atoms with Gasteiger partial charge >= 0.3 is 6.03 Å². The number of amides is 2. The minimum absolute atomic E-state index is 0.0340. The van der Waals surface area contributed by atoms with Gasteiger partial charge in [0.2, 0.25) is 0 Å². The fourth-order valence-electron chi connectivity index (χ4n) is 4.50. The van der Waals surface area contributed by atoms with Gasteiger partial charge in [0.05, 0.1) is 20.3 Å². The second kappa shape index (κ2) is 11.3. The first-order valence-corrected chi connectivity index (χ1v) is 11.7. The molecule has 4 rings (SSSR count). The average Bonchev–Trinajstić information content (AvgIpc) is 2.85. The Labute approximate surface area is 191 Å². The number of rotatable bonds is 7. The number of morpholine rings is 1. The van der Waals surface area contributed by atoms with Gasteiger partial charge in [-0.05, 0) is 54.0 Å². The Morgan fingerprint density at radius 2 is 1.56 bits per heavy atom. The number of carbonyl (C=O) groups is 1. The number of nitrogens with one attached hydrogen (secondary N) is 1. The normalized spacial score (nSPS) is 17.8. The molecule has 0 radical (unpaired) electrons. The number of urea groups is 1. The number of methoxy groups -OCH3 is 1. The summed E-state index contributed by atoms with van der Waals surface area (Å²) in [6, 6.07) is 16.9. The van der Waals surface area contributed by atoms with Crippen molar-refractivity contribution in [2.45, 2.75) is 32.4 Å². The van der Waals surface area contributed by atoms with E-state index in [2.05, 4.69) is 34.5 Å². The molecular formula is C26H35N3O3. The molecule has 2 aliphatic rings. The monoisotopic (exact) mass is 437 g/mol. The lowest BCUT2D eigenvalue weighted by atomic mass is 9.90. The SMILES string of the molecule is COc1ccc(CNC(=O)N2CCC(Cc3ccc(CN4CCOCC4)cc3)CC2)cc1. The predicted molar refractivity (Wildman–Crippen MR) is 126 cm³/mol. The number of piperidine rings is 1. The highest BCUT2D eigenvalue weighted by molar-refractivity contribution is 5.74. The molecule has 0 aliphatic carbocycles. The summed E-state index contributed by atoms with van der Waals surface area (Å²) in [6.45, 7) is 6.93. The molecule has 0 atom stereocenters. The van der Waals surface area contributed by atoms with E-state index in [-0.39, 0.29) is 6.03 Å². The Balaban J connectivity index is 1.17. The first kappa shape index (κ1) is 22.6. The molecule has 172 valence electrons. The molecular weight excluding hydrogens is 402 g/mol. The van der Waals surface area contributed by atoms with Gasteiger partial charge < -0.3 is 19.7 Å². The van der Waals surface area contributed by atoms with Crippen molar-refractivity contribution in [1.82, 2.24) is 15.1 Å². The van der Waals surface area contributed by atoms with E-state index < -0.39 is 0 Å². The summed E-state index contributed by atoms with van der Waals surface area (Å²) >= 11 is 0. The summed E-state index contributed by atoms with van der Waals surface area (Å²) in [7, 11) is 1.65. The molecule has 32 heavy (non-hydrogen) atoms. The highest BCUT2D eigenvalue weighted by atomic mass is 16.5. The number of carbonyl (C=O) groups excluding carboxylic acids is 1. The molecule has 2 heterocycles. The Kier molecular flexibility index (Phi) is 8.02. The number of hydrogen-bond acceptors (Lipinski definition) is 4. The second-order valence-corrected chi connectivity index (χ2v) is 8.85. The zero-order valence-electron chi connectivity index (χ0n) is 19.1. The van der Waals surface area contributed by atoms with Gasteiger partial charge in [-0.25, -0.2) is 4.79 Å². The Bertz CT molecular complexity index is 840. The lowest BCUT2D eigenvalue weighted by Gasteiger charge is -2.32. The van der Waals surface area contributed by atoms with Crippen LogP contribution < -0.4 is 10.1 Å². The lowest BCUT2D eigenvalue weighted by Crippen LogP contribution is -2.44. The van der Waals surface area contributed by atoms with Gasteiger partial charge in [-0.3, -0.25) is 4.90 Å². The number of likely N-dealkylation sites (tertiary alicyclic amines) is 1. The smallest absolute Gasteiger partial charge is 0.317 e. The van der Waals surface area contributed by atoms with E-state index >= 15 is 0 Å². The molecule has 2 aliphatic heterocycles. The molecule has 2 fully saturated rings. The van der Waals surface area contributed by atoms with E-state index in [1.54, 1.807) is 7.11 Å². The molecule has 2 aromatic rings. The quantitative estimate of drug-likeness (QED) is 0.718. The number of hydrogen-bond donors (Lipinski definition) is 1. The molecule has 1 N–H and O–H groups in total. The van der Waals surface area contributed by atoms with Crippen LogP contribution in [0.25, 0.3) is 0 Å². The van der Waals surface area contributed by atoms with Crippen molar-refractivity contribution in [2.75, 3.05) is 46.5 Å². The first-order chi connectivity index (χ1) is 15.7. The average molecular weight is 438 g/mol. The third-order valence-electron chi connectivity index (χ3n) is 6.56. The maximum Gasteiger partial charge on any atom is 0.317 e. The van der Waals surface area contributed by atoms with Gasteiger partial charge in [-0.15, -0.1) is 0 Å². The van der Waals surface area contributed by atoms with Gasteiger partial charge in [0.1, 0.15) is 5.75 Å². The van der Waals surface area contributed by atoms with Crippen LogP contribution in [0.1, 0.15) is 29.5 Å². The molecule has 0 saturated carbocycles. The van der Waals surface area contributed by atoms with E-state index in [0.717, 1.165) is 76.5 Å². The topological polar surface area (TPSA) is 54.0 Å². The fraction of sp³-hybridized carbons (Fsp3) is 0.500. The van der Waals surface area contributed by atoms with Crippen molar-refractivity contribution in [3.63, 3.8) is 0 Å². The van der Waals surface area contributed by atoms with Crippen LogP contribution in [-0.4, -0.2) is 62.3 Å². The van der Waals surface area contributed by atoms with Gasteiger partial charge in [0.25, 0.3) is 0 Å². The van der Waals surface area contributed by atoms with Crippen molar-refractivity contribution in [1.29, 1.82) is 0 Å². The van der Waals surface area contributed by atoms with Crippen LogP contribution in [0.5, 0.6) is 5.75 Å². The van der Waals surface area contributed by atoms with E-state index in [9.17, 15) is 4.79 Å². The van der Waals surface area contributed by atoms with Crippen molar-refractivity contribution in [3.05, 3.63) is 65.2 Å².